The van der Waals surface area contributed by atoms with Crippen molar-refractivity contribution in [2.24, 2.45) is 5.41 Å². The van der Waals surface area contributed by atoms with Crippen molar-refractivity contribution in [1.82, 2.24) is 15.5 Å². The van der Waals surface area contributed by atoms with E-state index in [1.54, 1.807) is 6.92 Å². The van der Waals surface area contributed by atoms with E-state index in [4.69, 9.17) is 4.52 Å². The van der Waals surface area contributed by atoms with Crippen molar-refractivity contribution in [2.45, 2.75) is 33.1 Å². The first kappa shape index (κ1) is 12.0. The van der Waals surface area contributed by atoms with Crippen LogP contribution in [0.2, 0.25) is 0 Å². The second-order valence-electron chi connectivity index (χ2n) is 4.48. The Balaban J connectivity index is 2.07. The molecule has 0 bridgehead atoms. The predicted molar refractivity (Wildman–Crippen MR) is 62.5 cm³/mol. The molecule has 2 N–H and O–H groups in total. The van der Waals surface area contributed by atoms with E-state index in [-0.39, 0.29) is 17.3 Å². The van der Waals surface area contributed by atoms with Crippen molar-refractivity contribution in [2.75, 3.05) is 18.4 Å². The zero-order valence-electron chi connectivity index (χ0n) is 10.2. The Bertz CT molecular complexity index is 396. The number of piperidine rings is 1. The predicted octanol–water partition coefficient (Wildman–Crippen LogP) is 1.10. The summed E-state index contributed by atoms with van der Waals surface area (Å²) in [6.07, 6.45) is 2.53. The molecule has 1 fully saturated rings. The normalized spacial score (nSPS) is 18.9. The fraction of sp³-hybridized carbons (Fsp3) is 0.727. The molecule has 6 nitrogen and oxygen atoms in total. The first-order valence-electron chi connectivity index (χ1n) is 5.99. The maximum absolute atomic E-state index is 12.3. The van der Waals surface area contributed by atoms with Crippen LogP contribution in [0.3, 0.4) is 0 Å². The second kappa shape index (κ2) is 4.83. The first-order chi connectivity index (χ1) is 8.16. The third-order valence-corrected chi connectivity index (χ3v) is 3.47. The zero-order valence-corrected chi connectivity index (χ0v) is 10.2. The maximum atomic E-state index is 12.3. The molecule has 94 valence electrons. The number of amides is 1. The Morgan fingerprint density at radius 3 is 2.76 bits per heavy atom. The van der Waals surface area contributed by atoms with Gasteiger partial charge >= 0.3 is 6.01 Å². The summed E-state index contributed by atoms with van der Waals surface area (Å²) in [7, 11) is 0. The lowest BCUT2D eigenvalue weighted by atomic mass is 9.76. The molecule has 1 aromatic heterocycles. The second-order valence-corrected chi connectivity index (χ2v) is 4.48. The van der Waals surface area contributed by atoms with Crippen LogP contribution in [-0.4, -0.2) is 29.1 Å². The van der Waals surface area contributed by atoms with E-state index in [0.29, 0.717) is 5.82 Å². The van der Waals surface area contributed by atoms with E-state index < -0.39 is 0 Å². The highest BCUT2D eigenvalue weighted by Gasteiger charge is 2.38. The lowest BCUT2D eigenvalue weighted by Crippen LogP contribution is -2.44. The molecule has 0 aliphatic carbocycles. The molecule has 2 rings (SSSR count). The molecule has 6 heteroatoms. The van der Waals surface area contributed by atoms with Crippen molar-refractivity contribution in [3.05, 3.63) is 5.82 Å². The van der Waals surface area contributed by atoms with Crippen LogP contribution in [0.5, 0.6) is 0 Å². The highest BCUT2D eigenvalue weighted by molar-refractivity contribution is 5.93. The standard InChI is InChI=1S/C11H18N4O2/c1-3-11(4-6-12-7-5-11)9(16)14-10-13-8(2)15-17-10/h12H,3-7H2,1-2H3,(H,13,14,15,16). The minimum absolute atomic E-state index is 0.00912. The van der Waals surface area contributed by atoms with E-state index in [9.17, 15) is 4.79 Å². The Morgan fingerprint density at radius 1 is 1.53 bits per heavy atom. The number of carbonyl (C=O) groups excluding carboxylic acids is 1. The number of rotatable bonds is 3. The van der Waals surface area contributed by atoms with Crippen molar-refractivity contribution >= 4 is 11.9 Å². The van der Waals surface area contributed by atoms with Crippen LogP contribution in [-0.2, 0) is 4.79 Å². The van der Waals surface area contributed by atoms with Gasteiger partial charge in [0.25, 0.3) is 0 Å². The van der Waals surface area contributed by atoms with Gasteiger partial charge in [0, 0.05) is 0 Å². The van der Waals surface area contributed by atoms with Crippen LogP contribution in [0, 0.1) is 12.3 Å². The van der Waals surface area contributed by atoms with Gasteiger partial charge in [0.15, 0.2) is 5.82 Å². The minimum Gasteiger partial charge on any atom is -0.317 e. The Hall–Kier alpha value is -1.43. The molecular weight excluding hydrogens is 220 g/mol. The number of hydrogen-bond donors (Lipinski definition) is 2. The molecule has 1 amide bonds. The molecule has 1 aliphatic rings. The number of anilines is 1. The lowest BCUT2D eigenvalue weighted by molar-refractivity contribution is -0.127. The summed E-state index contributed by atoms with van der Waals surface area (Å²) in [5, 5.41) is 9.63. The number of nitrogens with zero attached hydrogens (tertiary/aromatic N) is 2. The van der Waals surface area contributed by atoms with Gasteiger partial charge in [-0.1, -0.05) is 12.1 Å². The lowest BCUT2D eigenvalue weighted by Gasteiger charge is -2.34. The molecule has 0 saturated carbocycles. The quantitative estimate of drug-likeness (QED) is 0.824. The third-order valence-electron chi connectivity index (χ3n) is 3.47. The molecule has 1 aromatic rings. The van der Waals surface area contributed by atoms with Gasteiger partial charge in [-0.2, -0.15) is 4.98 Å². The van der Waals surface area contributed by atoms with Crippen molar-refractivity contribution in [1.29, 1.82) is 0 Å². The number of aromatic nitrogens is 2. The molecule has 1 aliphatic heterocycles. The molecule has 1 saturated heterocycles. The Morgan fingerprint density at radius 2 is 2.24 bits per heavy atom. The largest absolute Gasteiger partial charge is 0.328 e. The van der Waals surface area contributed by atoms with Crippen LogP contribution in [0.4, 0.5) is 6.01 Å². The van der Waals surface area contributed by atoms with Gasteiger partial charge in [0.1, 0.15) is 0 Å². The number of aryl methyl sites for hydroxylation is 1. The zero-order chi connectivity index (χ0) is 12.3. The molecular formula is C11H18N4O2. The van der Waals surface area contributed by atoms with Crippen LogP contribution in [0.25, 0.3) is 0 Å². The molecule has 17 heavy (non-hydrogen) atoms. The van der Waals surface area contributed by atoms with Gasteiger partial charge in [0.05, 0.1) is 5.41 Å². The van der Waals surface area contributed by atoms with Crippen LogP contribution in [0.15, 0.2) is 4.52 Å². The molecule has 0 unspecified atom stereocenters. The summed E-state index contributed by atoms with van der Waals surface area (Å²) >= 11 is 0. The summed E-state index contributed by atoms with van der Waals surface area (Å²) in [6, 6.07) is 0.193. The molecule has 0 aromatic carbocycles. The summed E-state index contributed by atoms with van der Waals surface area (Å²) < 4.78 is 4.91. The fourth-order valence-electron chi connectivity index (χ4n) is 2.22. The average Bonchev–Trinajstić information content (AvgIpc) is 2.75. The summed E-state index contributed by atoms with van der Waals surface area (Å²) in [4.78, 5) is 16.2. The maximum Gasteiger partial charge on any atom is 0.328 e. The highest BCUT2D eigenvalue weighted by Crippen LogP contribution is 2.33. The Labute approximate surface area is 100 Å². The van der Waals surface area contributed by atoms with Crippen LogP contribution in [0.1, 0.15) is 32.0 Å². The molecule has 0 spiro atoms. The van der Waals surface area contributed by atoms with E-state index in [1.165, 1.54) is 0 Å². The van der Waals surface area contributed by atoms with Gasteiger partial charge in [-0.3, -0.25) is 10.1 Å². The van der Waals surface area contributed by atoms with E-state index >= 15 is 0 Å². The monoisotopic (exact) mass is 238 g/mol. The van der Waals surface area contributed by atoms with Gasteiger partial charge in [-0.15, -0.1) is 0 Å². The van der Waals surface area contributed by atoms with Crippen LogP contribution < -0.4 is 10.6 Å². The first-order valence-corrected chi connectivity index (χ1v) is 5.99. The van der Waals surface area contributed by atoms with Gasteiger partial charge in [0.2, 0.25) is 5.91 Å². The van der Waals surface area contributed by atoms with E-state index in [2.05, 4.69) is 20.8 Å². The molecule has 0 atom stereocenters. The van der Waals surface area contributed by atoms with Gasteiger partial charge < -0.3 is 9.84 Å². The number of nitrogens with one attached hydrogen (secondary N) is 2. The van der Waals surface area contributed by atoms with Crippen molar-refractivity contribution in [3.8, 4) is 0 Å². The van der Waals surface area contributed by atoms with Gasteiger partial charge in [-0.25, -0.2) is 0 Å². The summed E-state index contributed by atoms with van der Waals surface area (Å²) in [5.74, 6) is 0.515. The summed E-state index contributed by atoms with van der Waals surface area (Å²) in [5.41, 5.74) is -0.298. The number of carbonyl (C=O) groups is 1. The van der Waals surface area contributed by atoms with Crippen LogP contribution >= 0.6 is 0 Å². The summed E-state index contributed by atoms with van der Waals surface area (Å²) in [6.45, 7) is 5.53. The highest BCUT2D eigenvalue weighted by atomic mass is 16.5. The average molecular weight is 238 g/mol. The smallest absolute Gasteiger partial charge is 0.317 e. The minimum atomic E-state index is -0.298. The Kier molecular flexibility index (Phi) is 3.42. The topological polar surface area (TPSA) is 80.1 Å². The fourth-order valence-corrected chi connectivity index (χ4v) is 2.22. The third kappa shape index (κ3) is 2.46. The van der Waals surface area contributed by atoms with Crippen molar-refractivity contribution in [3.63, 3.8) is 0 Å². The SMILES string of the molecule is CCC1(C(=O)Nc2nc(C)no2)CCNCC1. The molecule has 0 radical (unpaired) electrons. The van der Waals surface area contributed by atoms with E-state index in [1.807, 2.05) is 6.92 Å². The van der Waals surface area contributed by atoms with E-state index in [0.717, 1.165) is 32.4 Å². The van der Waals surface area contributed by atoms with Gasteiger partial charge in [-0.05, 0) is 39.3 Å². The van der Waals surface area contributed by atoms with Crippen molar-refractivity contribution < 1.29 is 9.32 Å². The number of hydrogen-bond acceptors (Lipinski definition) is 5. The molecule has 2 heterocycles.